The Kier molecular flexibility index (Phi) is 9.02. The number of hydrogen-bond donors (Lipinski definition) is 3. The fourth-order valence-corrected chi connectivity index (χ4v) is 5.48. The highest BCUT2D eigenvalue weighted by Gasteiger charge is 2.51. The van der Waals surface area contributed by atoms with Gasteiger partial charge in [-0.25, -0.2) is 14.2 Å². The van der Waals surface area contributed by atoms with Gasteiger partial charge in [-0.15, -0.1) is 0 Å². The van der Waals surface area contributed by atoms with Crippen molar-refractivity contribution in [2.75, 3.05) is 11.9 Å². The molecule has 1 aliphatic carbocycles. The van der Waals surface area contributed by atoms with Gasteiger partial charge < -0.3 is 25.0 Å². The summed E-state index contributed by atoms with van der Waals surface area (Å²) in [5, 5.41) is 16.4. The number of hydrogen-bond acceptors (Lipinski definition) is 8. The number of fused-ring (bicyclic) bond motifs is 1. The molecular weight excluding hydrogens is 608 g/mol. The normalized spacial score (nSPS) is 20.8. The van der Waals surface area contributed by atoms with E-state index in [-0.39, 0.29) is 53.4 Å². The molecule has 44 heavy (non-hydrogen) atoms. The van der Waals surface area contributed by atoms with E-state index in [0.29, 0.717) is 0 Å². The molecule has 1 amide bonds. The largest absolute Gasteiger partial charge is 0.490 e. The highest BCUT2D eigenvalue weighted by Crippen LogP contribution is 2.37. The number of imidazole rings is 1. The summed E-state index contributed by atoms with van der Waals surface area (Å²) in [6, 6.07) is 13.4. The predicted molar refractivity (Wildman–Crippen MR) is 151 cm³/mol. The Bertz CT molecular complexity index is 1640. The Balaban J connectivity index is 1.48. The average molecular weight is 635 g/mol. The molecule has 1 aliphatic rings. The van der Waals surface area contributed by atoms with Crippen molar-refractivity contribution in [2.24, 2.45) is 0 Å². The van der Waals surface area contributed by atoms with E-state index < -0.39 is 42.3 Å². The number of amides is 1. The molecule has 0 spiro atoms. The molecule has 1 fully saturated rings. The summed E-state index contributed by atoms with van der Waals surface area (Å²) in [4.78, 5) is 36.7. The Morgan fingerprint density at radius 2 is 1.80 bits per heavy atom. The van der Waals surface area contributed by atoms with Crippen molar-refractivity contribution in [2.45, 2.75) is 56.2 Å². The number of benzene rings is 2. The zero-order valence-electron chi connectivity index (χ0n) is 23.1. The molecular formula is C29H27ClF4N6O4. The number of ether oxygens (including phenoxy) is 1. The summed E-state index contributed by atoms with van der Waals surface area (Å²) in [7, 11) is 0. The van der Waals surface area contributed by atoms with Crippen molar-refractivity contribution < 1.29 is 37.0 Å². The van der Waals surface area contributed by atoms with Gasteiger partial charge in [-0.3, -0.25) is 4.79 Å². The highest BCUT2D eigenvalue weighted by molar-refractivity contribution is 6.28. The molecule has 10 nitrogen and oxygen atoms in total. The third kappa shape index (κ3) is 6.60. The molecule has 0 saturated heterocycles. The number of esters is 1. The van der Waals surface area contributed by atoms with Crippen LogP contribution < -0.4 is 10.6 Å². The van der Waals surface area contributed by atoms with Crippen LogP contribution in [-0.4, -0.2) is 67.5 Å². The first-order chi connectivity index (χ1) is 21.0. The first kappa shape index (κ1) is 31.1. The third-order valence-electron chi connectivity index (χ3n) is 7.46. The van der Waals surface area contributed by atoms with Gasteiger partial charge >= 0.3 is 12.1 Å². The molecule has 3 N–H and O–H groups in total. The van der Waals surface area contributed by atoms with Crippen LogP contribution in [0.3, 0.4) is 0 Å². The Morgan fingerprint density at radius 3 is 2.45 bits per heavy atom. The molecule has 15 heteroatoms. The molecule has 5 atom stereocenters. The van der Waals surface area contributed by atoms with E-state index in [9.17, 15) is 32.3 Å². The number of nitrogens with zero attached hydrogens (tertiary/aromatic N) is 4. The van der Waals surface area contributed by atoms with Crippen molar-refractivity contribution in [1.29, 1.82) is 0 Å². The van der Waals surface area contributed by atoms with Gasteiger partial charge in [-0.2, -0.15) is 23.1 Å². The minimum Gasteiger partial charge on any atom is -0.451 e. The number of carbonyl (C=O) groups excluding carboxylic acids is 2. The Morgan fingerprint density at radius 1 is 1.11 bits per heavy atom. The summed E-state index contributed by atoms with van der Waals surface area (Å²) in [5.41, 5.74) is 2.06. The zero-order valence-corrected chi connectivity index (χ0v) is 23.9. The average Bonchev–Trinajstić information content (AvgIpc) is 3.54. The lowest BCUT2D eigenvalue weighted by Gasteiger charge is -2.24. The number of alkyl halides is 3. The summed E-state index contributed by atoms with van der Waals surface area (Å²) in [5.74, 6) is -3.35. The van der Waals surface area contributed by atoms with E-state index in [1.165, 1.54) is 23.0 Å². The lowest BCUT2D eigenvalue weighted by molar-refractivity contribution is -0.209. The fourth-order valence-electron chi connectivity index (χ4n) is 5.32. The van der Waals surface area contributed by atoms with Gasteiger partial charge in [-0.1, -0.05) is 49.4 Å². The van der Waals surface area contributed by atoms with Crippen LogP contribution in [-0.2, 0) is 14.3 Å². The predicted octanol–water partition coefficient (Wildman–Crippen LogP) is 4.54. The number of aliphatic hydroxyl groups is 1. The maximum atomic E-state index is 13.7. The molecule has 2 heterocycles. The molecule has 0 aliphatic heterocycles. The van der Waals surface area contributed by atoms with E-state index in [2.05, 4.69) is 25.6 Å². The molecule has 0 bridgehead atoms. The van der Waals surface area contributed by atoms with Gasteiger partial charge in [0.2, 0.25) is 11.2 Å². The molecule has 2 aromatic carbocycles. The van der Waals surface area contributed by atoms with Crippen LogP contribution in [0.2, 0.25) is 5.28 Å². The second kappa shape index (κ2) is 12.7. The number of nitrogens with one attached hydrogen (secondary N) is 2. The van der Waals surface area contributed by atoms with Gasteiger partial charge in [-0.05, 0) is 41.3 Å². The van der Waals surface area contributed by atoms with Gasteiger partial charge in [0.25, 0.3) is 0 Å². The van der Waals surface area contributed by atoms with Gasteiger partial charge in [0.1, 0.15) is 11.9 Å². The maximum absolute atomic E-state index is 13.7. The zero-order chi connectivity index (χ0) is 31.6. The summed E-state index contributed by atoms with van der Waals surface area (Å²) in [6.07, 6.45) is -7.43. The van der Waals surface area contributed by atoms with Crippen molar-refractivity contribution in [3.8, 4) is 0 Å². The van der Waals surface area contributed by atoms with Crippen molar-refractivity contribution in [3.05, 3.63) is 83.2 Å². The van der Waals surface area contributed by atoms with E-state index in [1.807, 2.05) is 30.3 Å². The van der Waals surface area contributed by atoms with E-state index in [0.717, 1.165) is 11.1 Å². The van der Waals surface area contributed by atoms with E-state index in [4.69, 9.17) is 16.3 Å². The van der Waals surface area contributed by atoms with Gasteiger partial charge in [0.05, 0.1) is 18.4 Å². The van der Waals surface area contributed by atoms with E-state index in [1.54, 1.807) is 19.1 Å². The van der Waals surface area contributed by atoms with Crippen molar-refractivity contribution >= 4 is 40.5 Å². The maximum Gasteiger partial charge on any atom is 0.490 e. The topological polar surface area (TPSA) is 131 Å². The van der Waals surface area contributed by atoms with Crippen LogP contribution >= 0.6 is 11.6 Å². The monoisotopic (exact) mass is 634 g/mol. The van der Waals surface area contributed by atoms with Gasteiger partial charge in [0, 0.05) is 18.9 Å². The van der Waals surface area contributed by atoms with Crippen LogP contribution in [0.1, 0.15) is 42.9 Å². The summed E-state index contributed by atoms with van der Waals surface area (Å²) in [6.45, 7) is 1.84. The quantitative estimate of drug-likeness (QED) is 0.139. The lowest BCUT2D eigenvalue weighted by Crippen LogP contribution is -2.45. The second-order valence-electron chi connectivity index (χ2n) is 10.2. The van der Waals surface area contributed by atoms with Crippen LogP contribution in [0.15, 0.2) is 60.9 Å². The summed E-state index contributed by atoms with van der Waals surface area (Å²) >= 11 is 6.27. The molecule has 232 valence electrons. The lowest BCUT2D eigenvalue weighted by atomic mass is 9.91. The van der Waals surface area contributed by atoms with Crippen LogP contribution in [0.5, 0.6) is 0 Å². The van der Waals surface area contributed by atoms with Crippen LogP contribution in [0, 0.1) is 5.82 Å². The van der Waals surface area contributed by atoms with E-state index >= 15 is 0 Å². The third-order valence-corrected chi connectivity index (χ3v) is 7.63. The van der Waals surface area contributed by atoms with Gasteiger partial charge in [0.15, 0.2) is 23.1 Å². The molecule has 0 radical (unpaired) electrons. The minimum atomic E-state index is -5.31. The number of anilines is 1. The molecule has 2 aromatic heterocycles. The van der Waals surface area contributed by atoms with Crippen molar-refractivity contribution in [1.82, 2.24) is 24.8 Å². The highest BCUT2D eigenvalue weighted by atomic mass is 35.5. The Labute approximate surface area is 253 Å². The second-order valence-corrected chi connectivity index (χ2v) is 10.6. The standard InChI is InChI=1S/C29H27ClF4N6O4/c1-2-21(41)37-19-12-20(24(23(19)42)44-27(43)29(32,33)34)40-14-36-22-25(38-28(30)39-26(22)40)35-13-18(15-6-4-3-5-7-15)16-8-10-17(31)11-9-16/h3-11,14,18-20,23-24,42H,2,12-13H2,1H3,(H,37,41)(H,35,38,39)/t18?,19-,20+,23+,24-/m0/s1. The number of aliphatic hydroxyl groups excluding tert-OH is 1. The smallest absolute Gasteiger partial charge is 0.451 e. The number of rotatable bonds is 9. The SMILES string of the molecule is CCC(=O)N[C@H]1C[C@@H](n2cnc3c(NCC(c4ccccc4)c4ccc(F)cc4)nc(Cl)nc32)[C@H](OC(=O)C(F)(F)F)[C@@H]1O. The molecule has 5 rings (SSSR count). The first-order valence-corrected chi connectivity index (χ1v) is 14.0. The van der Waals surface area contributed by atoms with Crippen LogP contribution in [0.25, 0.3) is 11.2 Å². The van der Waals surface area contributed by atoms with Crippen molar-refractivity contribution in [3.63, 3.8) is 0 Å². The minimum absolute atomic E-state index is 0.0641. The Hall–Kier alpha value is -4.30. The molecule has 1 saturated carbocycles. The molecule has 1 unspecified atom stereocenters. The first-order valence-electron chi connectivity index (χ1n) is 13.7. The summed E-state index contributed by atoms with van der Waals surface area (Å²) < 4.78 is 59.1. The fraction of sp³-hybridized carbons (Fsp3) is 0.345. The molecule has 4 aromatic rings. The number of halogens is 5. The number of aromatic nitrogens is 4. The number of carbonyl (C=O) groups is 2. The van der Waals surface area contributed by atoms with Crippen LogP contribution in [0.4, 0.5) is 23.4 Å².